The van der Waals surface area contributed by atoms with Crippen LogP contribution in [0.3, 0.4) is 0 Å². The fourth-order valence-electron chi connectivity index (χ4n) is 2.90. The van der Waals surface area contributed by atoms with Gasteiger partial charge in [-0.05, 0) is 18.9 Å². The number of thiazole rings is 1. The van der Waals surface area contributed by atoms with Crippen LogP contribution >= 0.6 is 11.3 Å². The minimum atomic E-state index is -0.836. The lowest BCUT2D eigenvalue weighted by Crippen LogP contribution is -2.35. The standard InChI is InChI=1S/C18H20N2O3S/c1-18(17(22)23)7-8-20(12-18)16(21)10-14-11-24-15(19-14)9-13-5-3-2-4-6-13/h2-6,11H,7-10,12H2,1H3,(H,22,23). The second kappa shape index (κ2) is 6.73. The summed E-state index contributed by atoms with van der Waals surface area (Å²) in [5.74, 6) is -0.881. The molecule has 1 aliphatic rings. The van der Waals surface area contributed by atoms with Crippen molar-refractivity contribution in [3.05, 3.63) is 52.0 Å². The van der Waals surface area contributed by atoms with Crippen molar-refractivity contribution in [2.24, 2.45) is 5.41 Å². The Morgan fingerprint density at radius 3 is 2.75 bits per heavy atom. The molecule has 1 saturated heterocycles. The summed E-state index contributed by atoms with van der Waals surface area (Å²) in [6.45, 7) is 2.48. The van der Waals surface area contributed by atoms with E-state index in [1.54, 1.807) is 23.2 Å². The van der Waals surface area contributed by atoms with Gasteiger partial charge in [0.15, 0.2) is 0 Å². The van der Waals surface area contributed by atoms with Crippen LogP contribution in [-0.4, -0.2) is 40.0 Å². The molecule has 0 bridgehead atoms. The van der Waals surface area contributed by atoms with E-state index in [-0.39, 0.29) is 18.9 Å². The highest BCUT2D eigenvalue weighted by molar-refractivity contribution is 7.09. The third-order valence-electron chi connectivity index (χ3n) is 4.47. The van der Waals surface area contributed by atoms with E-state index in [9.17, 15) is 14.7 Å². The quantitative estimate of drug-likeness (QED) is 0.905. The molecule has 24 heavy (non-hydrogen) atoms. The van der Waals surface area contributed by atoms with Crippen LogP contribution in [0.5, 0.6) is 0 Å². The van der Waals surface area contributed by atoms with Gasteiger partial charge in [-0.15, -0.1) is 11.3 Å². The van der Waals surface area contributed by atoms with Crippen LogP contribution in [0.15, 0.2) is 35.7 Å². The minimum absolute atomic E-state index is 0.0449. The third-order valence-corrected chi connectivity index (χ3v) is 5.37. The Balaban J connectivity index is 1.59. The highest BCUT2D eigenvalue weighted by Gasteiger charge is 2.42. The number of nitrogens with zero attached hydrogens (tertiary/aromatic N) is 2. The Kier molecular flexibility index (Phi) is 4.66. The van der Waals surface area contributed by atoms with Crippen LogP contribution in [0.4, 0.5) is 0 Å². The van der Waals surface area contributed by atoms with Crippen molar-refractivity contribution in [2.75, 3.05) is 13.1 Å². The molecule has 1 fully saturated rings. The number of rotatable bonds is 5. The summed E-state index contributed by atoms with van der Waals surface area (Å²) >= 11 is 1.56. The second-order valence-electron chi connectivity index (χ2n) is 6.50. The maximum atomic E-state index is 12.4. The van der Waals surface area contributed by atoms with Crippen LogP contribution in [0.1, 0.15) is 29.6 Å². The first-order valence-electron chi connectivity index (χ1n) is 7.95. The van der Waals surface area contributed by atoms with Crippen molar-refractivity contribution in [2.45, 2.75) is 26.2 Å². The van der Waals surface area contributed by atoms with E-state index in [4.69, 9.17) is 0 Å². The predicted molar refractivity (Wildman–Crippen MR) is 92.0 cm³/mol. The molecule has 0 radical (unpaired) electrons. The van der Waals surface area contributed by atoms with Gasteiger partial charge in [0.2, 0.25) is 5.91 Å². The summed E-state index contributed by atoms with van der Waals surface area (Å²) in [5.41, 5.74) is 1.14. The first-order valence-corrected chi connectivity index (χ1v) is 8.83. The smallest absolute Gasteiger partial charge is 0.311 e. The number of carbonyl (C=O) groups is 2. The Morgan fingerprint density at radius 1 is 1.33 bits per heavy atom. The van der Waals surface area contributed by atoms with Gasteiger partial charge in [-0.2, -0.15) is 0 Å². The van der Waals surface area contributed by atoms with Crippen molar-refractivity contribution in [3.8, 4) is 0 Å². The summed E-state index contributed by atoms with van der Waals surface area (Å²) < 4.78 is 0. The zero-order valence-corrected chi connectivity index (χ0v) is 14.4. The predicted octanol–water partition coefficient (Wildman–Crippen LogP) is 2.60. The molecule has 0 aliphatic carbocycles. The summed E-state index contributed by atoms with van der Waals surface area (Å²) in [6, 6.07) is 10.1. The number of carbonyl (C=O) groups excluding carboxylic acids is 1. The molecule has 0 saturated carbocycles. The number of carboxylic acid groups (broad SMARTS) is 1. The number of aliphatic carboxylic acids is 1. The van der Waals surface area contributed by atoms with Crippen molar-refractivity contribution in [1.82, 2.24) is 9.88 Å². The maximum absolute atomic E-state index is 12.4. The van der Waals surface area contributed by atoms with Crippen molar-refractivity contribution >= 4 is 23.2 Å². The van der Waals surface area contributed by atoms with E-state index in [0.29, 0.717) is 13.0 Å². The fraction of sp³-hybridized carbons (Fsp3) is 0.389. The lowest BCUT2D eigenvalue weighted by Gasteiger charge is -2.19. The number of benzene rings is 1. The van der Waals surface area contributed by atoms with Crippen LogP contribution < -0.4 is 0 Å². The van der Waals surface area contributed by atoms with E-state index in [1.165, 1.54) is 5.56 Å². The van der Waals surface area contributed by atoms with Gasteiger partial charge in [-0.3, -0.25) is 9.59 Å². The number of hydrogen-bond acceptors (Lipinski definition) is 4. The summed E-state index contributed by atoms with van der Waals surface area (Å²) in [5, 5.41) is 12.2. The monoisotopic (exact) mass is 344 g/mol. The Labute approximate surface area is 145 Å². The van der Waals surface area contributed by atoms with Crippen molar-refractivity contribution in [1.29, 1.82) is 0 Å². The molecule has 1 aromatic carbocycles. The molecule has 1 N–H and O–H groups in total. The number of amides is 1. The highest BCUT2D eigenvalue weighted by Crippen LogP contribution is 2.30. The van der Waals surface area contributed by atoms with Gasteiger partial charge >= 0.3 is 5.97 Å². The van der Waals surface area contributed by atoms with Gasteiger partial charge in [0.25, 0.3) is 0 Å². The van der Waals surface area contributed by atoms with Gasteiger partial charge < -0.3 is 10.0 Å². The number of aromatic nitrogens is 1. The van der Waals surface area contributed by atoms with E-state index in [0.717, 1.165) is 17.1 Å². The van der Waals surface area contributed by atoms with E-state index < -0.39 is 11.4 Å². The third kappa shape index (κ3) is 3.64. The van der Waals surface area contributed by atoms with E-state index in [1.807, 2.05) is 23.6 Å². The largest absolute Gasteiger partial charge is 0.481 e. The van der Waals surface area contributed by atoms with Crippen LogP contribution in [0.25, 0.3) is 0 Å². The molecular formula is C18H20N2O3S. The SMILES string of the molecule is CC1(C(=O)O)CCN(C(=O)Cc2csc(Cc3ccccc3)n2)C1. The average Bonchev–Trinajstić information content (AvgIpc) is 3.16. The van der Waals surface area contributed by atoms with Crippen LogP contribution in [0, 0.1) is 5.41 Å². The molecule has 6 heteroatoms. The van der Waals surface area contributed by atoms with Crippen molar-refractivity contribution < 1.29 is 14.7 Å². The molecule has 0 spiro atoms. The molecule has 1 aliphatic heterocycles. The maximum Gasteiger partial charge on any atom is 0.311 e. The van der Waals surface area contributed by atoms with Gasteiger partial charge in [-0.25, -0.2) is 4.98 Å². The van der Waals surface area contributed by atoms with Gasteiger partial charge in [0, 0.05) is 24.9 Å². The summed E-state index contributed by atoms with van der Waals surface area (Å²) in [7, 11) is 0. The Hall–Kier alpha value is -2.21. The first kappa shape index (κ1) is 16.6. The number of carboxylic acids is 1. The average molecular weight is 344 g/mol. The zero-order valence-electron chi connectivity index (χ0n) is 13.6. The first-order chi connectivity index (χ1) is 11.5. The van der Waals surface area contributed by atoms with Gasteiger partial charge in [0.05, 0.1) is 22.5 Å². The van der Waals surface area contributed by atoms with E-state index in [2.05, 4.69) is 17.1 Å². The van der Waals surface area contributed by atoms with Crippen LogP contribution in [-0.2, 0) is 22.4 Å². The topological polar surface area (TPSA) is 70.5 Å². The van der Waals surface area contributed by atoms with Crippen LogP contribution in [0.2, 0.25) is 0 Å². The molecule has 1 aromatic heterocycles. The molecule has 5 nitrogen and oxygen atoms in total. The molecule has 1 amide bonds. The fourth-order valence-corrected chi connectivity index (χ4v) is 3.73. The second-order valence-corrected chi connectivity index (χ2v) is 7.45. The normalized spacial score (nSPS) is 20.3. The lowest BCUT2D eigenvalue weighted by atomic mass is 9.90. The van der Waals surface area contributed by atoms with Gasteiger partial charge in [0.1, 0.15) is 0 Å². The van der Waals surface area contributed by atoms with Gasteiger partial charge in [-0.1, -0.05) is 30.3 Å². The summed E-state index contributed by atoms with van der Waals surface area (Å²) in [6.07, 6.45) is 1.51. The zero-order chi connectivity index (χ0) is 17.2. The molecule has 1 atom stereocenters. The van der Waals surface area contributed by atoms with E-state index >= 15 is 0 Å². The summed E-state index contributed by atoms with van der Waals surface area (Å²) in [4.78, 5) is 29.9. The lowest BCUT2D eigenvalue weighted by molar-refractivity contribution is -0.147. The number of hydrogen-bond donors (Lipinski definition) is 1. The molecule has 126 valence electrons. The molecular weight excluding hydrogens is 324 g/mol. The Morgan fingerprint density at radius 2 is 2.08 bits per heavy atom. The molecule has 2 heterocycles. The molecule has 2 aromatic rings. The Bertz CT molecular complexity index is 744. The highest BCUT2D eigenvalue weighted by atomic mass is 32.1. The molecule has 3 rings (SSSR count). The molecule has 1 unspecified atom stereocenters. The van der Waals surface area contributed by atoms with Crippen molar-refractivity contribution in [3.63, 3.8) is 0 Å². The minimum Gasteiger partial charge on any atom is -0.481 e. The number of likely N-dealkylation sites (tertiary alicyclic amines) is 1.